The number of ether oxygens (including phenoxy) is 1. The first-order chi connectivity index (χ1) is 16.1. The van der Waals surface area contributed by atoms with Gasteiger partial charge in [0.15, 0.2) is 0 Å². The zero-order valence-electron chi connectivity index (χ0n) is 18.2. The first-order valence-electron chi connectivity index (χ1n) is 10.5. The van der Waals surface area contributed by atoms with Crippen LogP contribution in [0.25, 0.3) is 11.1 Å². The summed E-state index contributed by atoms with van der Waals surface area (Å²) in [6, 6.07) is 30.2. The molecular formula is C28H21N3O2. The maximum atomic E-state index is 13.1. The molecule has 0 amide bonds. The van der Waals surface area contributed by atoms with Gasteiger partial charge in [-0.05, 0) is 53.9 Å². The number of esters is 1. The quantitative estimate of drug-likeness (QED) is 0.372. The fourth-order valence-corrected chi connectivity index (χ4v) is 3.70. The second-order valence-electron chi connectivity index (χ2n) is 7.67. The third-order valence-corrected chi connectivity index (χ3v) is 5.54. The SMILES string of the molecule is Cc1c(-c2ccc(C#N)cc2)cc(C(=O)OCc2ccccc2)n1Cc1ccc(C#N)cc1. The maximum absolute atomic E-state index is 13.1. The van der Waals surface area contributed by atoms with Crippen molar-refractivity contribution in [2.75, 3.05) is 0 Å². The third-order valence-electron chi connectivity index (χ3n) is 5.54. The number of nitrogens with zero attached hydrogens (tertiary/aromatic N) is 3. The number of aromatic nitrogens is 1. The van der Waals surface area contributed by atoms with Gasteiger partial charge < -0.3 is 9.30 Å². The van der Waals surface area contributed by atoms with Gasteiger partial charge in [-0.25, -0.2) is 4.79 Å². The van der Waals surface area contributed by atoms with Crippen LogP contribution in [0.2, 0.25) is 0 Å². The second-order valence-corrected chi connectivity index (χ2v) is 7.67. The summed E-state index contributed by atoms with van der Waals surface area (Å²) >= 11 is 0. The van der Waals surface area contributed by atoms with E-state index in [1.165, 1.54) is 0 Å². The Hall–Kier alpha value is -4.61. The monoisotopic (exact) mass is 431 g/mol. The summed E-state index contributed by atoms with van der Waals surface area (Å²) < 4.78 is 7.56. The van der Waals surface area contributed by atoms with Crippen molar-refractivity contribution in [3.8, 4) is 23.3 Å². The van der Waals surface area contributed by atoms with Crippen molar-refractivity contribution < 1.29 is 9.53 Å². The van der Waals surface area contributed by atoms with Crippen LogP contribution in [0.3, 0.4) is 0 Å². The highest BCUT2D eigenvalue weighted by Crippen LogP contribution is 2.29. The smallest absolute Gasteiger partial charge is 0.355 e. The predicted molar refractivity (Wildman–Crippen MR) is 125 cm³/mol. The van der Waals surface area contributed by atoms with E-state index in [-0.39, 0.29) is 6.61 Å². The lowest BCUT2D eigenvalue weighted by molar-refractivity contribution is 0.0460. The summed E-state index contributed by atoms with van der Waals surface area (Å²) in [7, 11) is 0. The molecule has 5 heteroatoms. The van der Waals surface area contributed by atoms with E-state index < -0.39 is 5.97 Å². The van der Waals surface area contributed by atoms with Crippen molar-refractivity contribution in [3.05, 3.63) is 119 Å². The molecule has 0 N–H and O–H groups in total. The number of hydrogen-bond donors (Lipinski definition) is 0. The molecule has 0 saturated carbocycles. The van der Waals surface area contributed by atoms with Crippen LogP contribution in [-0.4, -0.2) is 10.5 Å². The Kier molecular flexibility index (Phi) is 6.34. The van der Waals surface area contributed by atoms with Gasteiger partial charge in [0, 0.05) is 17.8 Å². The number of carbonyl (C=O) groups excluding carboxylic acids is 1. The first-order valence-corrected chi connectivity index (χ1v) is 10.5. The minimum Gasteiger partial charge on any atom is -0.456 e. The average molecular weight is 431 g/mol. The minimum atomic E-state index is -0.407. The molecule has 0 spiro atoms. The van der Waals surface area contributed by atoms with E-state index in [4.69, 9.17) is 15.3 Å². The molecule has 4 rings (SSSR count). The van der Waals surface area contributed by atoms with Crippen molar-refractivity contribution in [1.82, 2.24) is 4.57 Å². The van der Waals surface area contributed by atoms with Crippen LogP contribution in [0.4, 0.5) is 0 Å². The lowest BCUT2D eigenvalue weighted by Crippen LogP contribution is -2.14. The molecule has 1 heterocycles. The van der Waals surface area contributed by atoms with Crippen molar-refractivity contribution >= 4 is 5.97 Å². The first kappa shape index (κ1) is 21.6. The summed E-state index contributed by atoms with van der Waals surface area (Å²) in [6.45, 7) is 2.61. The standard InChI is InChI=1S/C28H21N3O2/c1-20-26(25-13-11-22(17-30)12-14-25)15-27(28(32)33-19-24-5-3-2-4-6-24)31(20)18-23-9-7-21(16-29)8-10-23/h2-15H,18-19H2,1H3. The van der Waals surface area contributed by atoms with E-state index >= 15 is 0 Å². The van der Waals surface area contributed by atoms with Gasteiger partial charge in [0.25, 0.3) is 0 Å². The Bertz CT molecular complexity index is 1350. The molecule has 0 aliphatic carbocycles. The molecule has 33 heavy (non-hydrogen) atoms. The highest BCUT2D eigenvalue weighted by atomic mass is 16.5. The van der Waals surface area contributed by atoms with Gasteiger partial charge in [0.05, 0.1) is 23.3 Å². The zero-order valence-corrected chi connectivity index (χ0v) is 18.2. The lowest BCUT2D eigenvalue weighted by atomic mass is 10.0. The van der Waals surface area contributed by atoms with Gasteiger partial charge in [-0.15, -0.1) is 0 Å². The highest BCUT2D eigenvalue weighted by Gasteiger charge is 2.20. The molecule has 1 aromatic heterocycles. The molecule has 160 valence electrons. The van der Waals surface area contributed by atoms with Crippen LogP contribution in [-0.2, 0) is 17.9 Å². The maximum Gasteiger partial charge on any atom is 0.355 e. The molecule has 0 aliphatic rings. The van der Waals surface area contributed by atoms with Gasteiger partial charge in [-0.3, -0.25) is 0 Å². The van der Waals surface area contributed by atoms with Crippen LogP contribution in [0.5, 0.6) is 0 Å². The van der Waals surface area contributed by atoms with E-state index in [1.807, 2.05) is 72.2 Å². The molecule has 0 bridgehead atoms. The van der Waals surface area contributed by atoms with Gasteiger partial charge in [-0.2, -0.15) is 10.5 Å². The molecule has 3 aromatic carbocycles. The molecule has 5 nitrogen and oxygen atoms in total. The van der Waals surface area contributed by atoms with Crippen molar-refractivity contribution in [1.29, 1.82) is 10.5 Å². The number of nitriles is 2. The molecule has 0 atom stereocenters. The summed E-state index contributed by atoms with van der Waals surface area (Å²) in [5.74, 6) is -0.407. The van der Waals surface area contributed by atoms with Crippen LogP contribution < -0.4 is 0 Å². The Balaban J connectivity index is 1.69. The van der Waals surface area contributed by atoms with E-state index in [0.29, 0.717) is 23.4 Å². The minimum absolute atomic E-state index is 0.187. The molecule has 4 aromatic rings. The Morgan fingerprint density at radius 2 is 1.45 bits per heavy atom. The Labute approximate surface area is 192 Å². The zero-order chi connectivity index (χ0) is 23.2. The van der Waals surface area contributed by atoms with Crippen LogP contribution in [0, 0.1) is 29.6 Å². The van der Waals surface area contributed by atoms with Crippen molar-refractivity contribution in [3.63, 3.8) is 0 Å². The Morgan fingerprint density at radius 3 is 2.06 bits per heavy atom. The average Bonchev–Trinajstić information content (AvgIpc) is 3.19. The number of rotatable bonds is 6. The Morgan fingerprint density at radius 1 is 0.848 bits per heavy atom. The molecule has 0 unspecified atom stereocenters. The van der Waals surface area contributed by atoms with Gasteiger partial charge >= 0.3 is 5.97 Å². The molecule has 0 saturated heterocycles. The number of benzene rings is 3. The fourth-order valence-electron chi connectivity index (χ4n) is 3.70. The summed E-state index contributed by atoms with van der Waals surface area (Å²) in [4.78, 5) is 13.1. The van der Waals surface area contributed by atoms with Crippen molar-refractivity contribution in [2.45, 2.75) is 20.1 Å². The second kappa shape index (κ2) is 9.68. The van der Waals surface area contributed by atoms with Crippen LogP contribution in [0.15, 0.2) is 84.9 Å². The van der Waals surface area contributed by atoms with E-state index in [9.17, 15) is 4.79 Å². The highest BCUT2D eigenvalue weighted by molar-refractivity contribution is 5.90. The molecular weight excluding hydrogens is 410 g/mol. The van der Waals surface area contributed by atoms with Gasteiger partial charge in [0.1, 0.15) is 12.3 Å². The summed E-state index contributed by atoms with van der Waals surface area (Å²) in [5, 5.41) is 18.2. The predicted octanol–water partition coefficient (Wildman–Crippen LogP) is 5.61. The van der Waals surface area contributed by atoms with Gasteiger partial charge in [-0.1, -0.05) is 54.6 Å². The largest absolute Gasteiger partial charge is 0.456 e. The molecule has 0 aliphatic heterocycles. The summed E-state index contributed by atoms with van der Waals surface area (Å²) in [5.41, 5.74) is 6.24. The third kappa shape index (κ3) is 4.84. The normalized spacial score (nSPS) is 10.3. The van der Waals surface area contributed by atoms with Crippen molar-refractivity contribution in [2.24, 2.45) is 0 Å². The van der Waals surface area contributed by atoms with E-state index in [0.717, 1.165) is 27.9 Å². The summed E-state index contributed by atoms with van der Waals surface area (Å²) in [6.07, 6.45) is 0. The molecule has 0 radical (unpaired) electrons. The number of carbonyl (C=O) groups is 1. The lowest BCUT2D eigenvalue weighted by Gasteiger charge is -2.12. The topological polar surface area (TPSA) is 78.8 Å². The van der Waals surface area contributed by atoms with E-state index in [1.54, 1.807) is 24.3 Å². The van der Waals surface area contributed by atoms with Crippen LogP contribution in [0.1, 0.15) is 38.4 Å². The number of hydrogen-bond acceptors (Lipinski definition) is 4. The van der Waals surface area contributed by atoms with Gasteiger partial charge in [0.2, 0.25) is 0 Å². The molecule has 0 fully saturated rings. The van der Waals surface area contributed by atoms with E-state index in [2.05, 4.69) is 12.1 Å². The fraction of sp³-hybridized carbons (Fsp3) is 0.107. The van der Waals surface area contributed by atoms with Crippen LogP contribution >= 0.6 is 0 Å².